The van der Waals surface area contributed by atoms with Crippen LogP contribution in [-0.2, 0) is 0 Å². The van der Waals surface area contributed by atoms with Crippen molar-refractivity contribution in [1.29, 1.82) is 0 Å². The normalized spacial score (nSPS) is 15.7. The molecule has 7 heteroatoms. The number of methoxy groups -OCH3 is 1. The molecule has 0 atom stereocenters. The lowest BCUT2D eigenvalue weighted by Crippen LogP contribution is -2.19. The third-order valence-electron chi connectivity index (χ3n) is 5.27. The van der Waals surface area contributed by atoms with Crippen molar-refractivity contribution in [2.24, 2.45) is 10.1 Å². The molecular formula is C23H24BrN3O2S. The molecule has 0 aliphatic heterocycles. The minimum atomic E-state index is 0.0767. The van der Waals surface area contributed by atoms with E-state index in [1.165, 1.54) is 26.4 Å². The monoisotopic (exact) mass is 485 g/mol. The summed E-state index contributed by atoms with van der Waals surface area (Å²) in [7, 11) is 1.54. The minimum absolute atomic E-state index is 0.0767. The van der Waals surface area contributed by atoms with Crippen molar-refractivity contribution < 1.29 is 9.84 Å². The molecule has 0 saturated heterocycles. The number of nitrogens with zero attached hydrogens (tertiary/aromatic N) is 3. The molecule has 2 aromatic carbocycles. The average Bonchev–Trinajstić information content (AvgIpc) is 3.16. The van der Waals surface area contributed by atoms with Crippen LogP contribution in [0, 0.1) is 0 Å². The van der Waals surface area contributed by atoms with Crippen LogP contribution >= 0.6 is 27.3 Å². The first kappa shape index (κ1) is 20.9. The number of phenols is 1. The van der Waals surface area contributed by atoms with E-state index in [9.17, 15) is 5.11 Å². The first-order valence-corrected chi connectivity index (χ1v) is 11.7. The Kier molecular flexibility index (Phi) is 6.69. The Balaban J connectivity index is 1.80. The van der Waals surface area contributed by atoms with Crippen LogP contribution in [0.25, 0.3) is 11.3 Å². The van der Waals surface area contributed by atoms with Crippen LogP contribution in [0.4, 0.5) is 0 Å². The number of para-hydroxylation sites is 1. The largest absolute Gasteiger partial charge is 0.504 e. The van der Waals surface area contributed by atoms with Crippen LogP contribution in [0.2, 0.25) is 0 Å². The highest BCUT2D eigenvalue weighted by Gasteiger charge is 2.15. The van der Waals surface area contributed by atoms with Crippen LogP contribution in [0.5, 0.6) is 11.5 Å². The summed E-state index contributed by atoms with van der Waals surface area (Å²) in [5.41, 5.74) is 2.60. The summed E-state index contributed by atoms with van der Waals surface area (Å²) in [4.78, 5) is 5.89. The molecule has 0 spiro atoms. The molecule has 1 aromatic heterocycles. The zero-order valence-corrected chi connectivity index (χ0v) is 19.2. The lowest BCUT2D eigenvalue weighted by Gasteiger charge is -2.16. The van der Waals surface area contributed by atoms with Gasteiger partial charge < -0.3 is 9.84 Å². The number of aromatic nitrogens is 1. The maximum absolute atomic E-state index is 10.4. The molecule has 0 bridgehead atoms. The Morgan fingerprint density at radius 3 is 2.70 bits per heavy atom. The molecule has 1 heterocycles. The fourth-order valence-electron chi connectivity index (χ4n) is 3.65. The highest BCUT2D eigenvalue weighted by Crippen LogP contribution is 2.30. The third kappa shape index (κ3) is 4.52. The van der Waals surface area contributed by atoms with Gasteiger partial charge in [0.05, 0.1) is 25.1 Å². The lowest BCUT2D eigenvalue weighted by molar-refractivity contribution is 0.373. The molecule has 30 heavy (non-hydrogen) atoms. The summed E-state index contributed by atoms with van der Waals surface area (Å²) < 4.78 is 8.09. The second-order valence-corrected chi connectivity index (χ2v) is 8.95. The van der Waals surface area contributed by atoms with Crippen LogP contribution in [-0.4, -0.2) is 29.1 Å². The number of benzene rings is 2. The van der Waals surface area contributed by atoms with Crippen molar-refractivity contribution in [3.8, 4) is 22.8 Å². The van der Waals surface area contributed by atoms with E-state index in [1.807, 2.05) is 35.0 Å². The smallest absolute Gasteiger partial charge is 0.206 e. The summed E-state index contributed by atoms with van der Waals surface area (Å²) in [6.45, 7) is 0. The number of aromatic hydroxyl groups is 1. The standard InChI is InChI=1S/C23H24BrN3O2S/c1-29-21-13-7-8-16(22(21)28)14-25-27-20(18-11-5-6-12-19(18)24)15-30-23(27)26-17-9-3-2-4-10-17/h5-8,11-15,17,28H,2-4,9-10H2,1H3. The van der Waals surface area contributed by atoms with Gasteiger partial charge in [0.15, 0.2) is 11.5 Å². The van der Waals surface area contributed by atoms with Crippen molar-refractivity contribution in [1.82, 2.24) is 4.68 Å². The van der Waals surface area contributed by atoms with Crippen molar-refractivity contribution in [2.75, 3.05) is 7.11 Å². The van der Waals surface area contributed by atoms with Gasteiger partial charge >= 0.3 is 0 Å². The number of ether oxygens (including phenoxy) is 1. The summed E-state index contributed by atoms with van der Waals surface area (Å²) in [5.74, 6) is 0.500. The maximum Gasteiger partial charge on any atom is 0.206 e. The van der Waals surface area contributed by atoms with Gasteiger partial charge in [0.25, 0.3) is 0 Å². The summed E-state index contributed by atoms with van der Waals surface area (Å²) in [6.07, 6.45) is 7.68. The van der Waals surface area contributed by atoms with E-state index < -0.39 is 0 Å². The van der Waals surface area contributed by atoms with E-state index in [0.29, 0.717) is 17.4 Å². The fraction of sp³-hybridized carbons (Fsp3) is 0.304. The zero-order chi connectivity index (χ0) is 20.9. The van der Waals surface area contributed by atoms with Gasteiger partial charge in [-0.2, -0.15) is 5.10 Å². The molecule has 0 radical (unpaired) electrons. The van der Waals surface area contributed by atoms with Gasteiger partial charge in [0, 0.05) is 21.0 Å². The van der Waals surface area contributed by atoms with Gasteiger partial charge in [0.1, 0.15) is 0 Å². The molecular weight excluding hydrogens is 462 g/mol. The van der Waals surface area contributed by atoms with Crippen molar-refractivity contribution in [3.63, 3.8) is 0 Å². The van der Waals surface area contributed by atoms with Gasteiger partial charge in [-0.15, -0.1) is 11.3 Å². The highest BCUT2D eigenvalue weighted by atomic mass is 79.9. The molecule has 1 fully saturated rings. The van der Waals surface area contributed by atoms with Crippen LogP contribution in [0.1, 0.15) is 37.7 Å². The van der Waals surface area contributed by atoms with Gasteiger partial charge in [-0.3, -0.25) is 4.99 Å². The topological polar surface area (TPSA) is 59.1 Å². The molecule has 5 nitrogen and oxygen atoms in total. The Labute approximate surface area is 188 Å². The fourth-order valence-corrected chi connectivity index (χ4v) is 5.04. The zero-order valence-electron chi connectivity index (χ0n) is 16.8. The Hall–Kier alpha value is -2.38. The summed E-state index contributed by atoms with van der Waals surface area (Å²) in [6, 6.07) is 13.8. The molecule has 1 saturated carbocycles. The molecule has 4 rings (SSSR count). The molecule has 156 valence electrons. The minimum Gasteiger partial charge on any atom is -0.504 e. The second-order valence-electron chi connectivity index (χ2n) is 7.26. The molecule has 1 aliphatic carbocycles. The van der Waals surface area contributed by atoms with Gasteiger partial charge in [0.2, 0.25) is 4.80 Å². The third-order valence-corrected chi connectivity index (χ3v) is 6.79. The predicted octanol–water partition coefficient (Wildman–Crippen LogP) is 5.81. The maximum atomic E-state index is 10.4. The number of thiazole rings is 1. The van der Waals surface area contributed by atoms with Crippen molar-refractivity contribution >= 4 is 33.5 Å². The highest BCUT2D eigenvalue weighted by molar-refractivity contribution is 9.10. The van der Waals surface area contributed by atoms with E-state index in [0.717, 1.165) is 33.4 Å². The second kappa shape index (κ2) is 9.62. The summed E-state index contributed by atoms with van der Waals surface area (Å²) >= 11 is 5.25. The average molecular weight is 486 g/mol. The van der Waals surface area contributed by atoms with Crippen LogP contribution < -0.4 is 9.54 Å². The number of halogens is 1. The molecule has 3 aromatic rings. The Morgan fingerprint density at radius 1 is 1.13 bits per heavy atom. The van der Waals surface area contributed by atoms with Crippen molar-refractivity contribution in [2.45, 2.75) is 38.1 Å². The van der Waals surface area contributed by atoms with Gasteiger partial charge in [-0.05, 0) is 31.0 Å². The Morgan fingerprint density at radius 2 is 1.93 bits per heavy atom. The van der Waals surface area contributed by atoms with E-state index in [-0.39, 0.29) is 5.75 Å². The predicted molar refractivity (Wildman–Crippen MR) is 126 cm³/mol. The number of hydrogen-bond acceptors (Lipinski definition) is 5. The van der Waals surface area contributed by atoms with E-state index in [1.54, 1.807) is 23.6 Å². The number of rotatable bonds is 5. The van der Waals surface area contributed by atoms with Crippen molar-refractivity contribution in [3.05, 3.63) is 62.7 Å². The van der Waals surface area contributed by atoms with E-state index in [4.69, 9.17) is 14.8 Å². The SMILES string of the molecule is COc1cccc(C=Nn2c(-c3ccccc3Br)csc2=NC2CCCCC2)c1O. The molecule has 0 unspecified atom stereocenters. The first-order valence-electron chi connectivity index (χ1n) is 10.1. The number of phenolic OH excluding ortho intramolecular Hbond substituents is 1. The Bertz CT molecular complexity index is 1110. The van der Waals surface area contributed by atoms with Crippen LogP contribution in [0.3, 0.4) is 0 Å². The molecule has 0 amide bonds. The number of hydrogen-bond donors (Lipinski definition) is 1. The quantitative estimate of drug-likeness (QED) is 0.463. The van der Waals surface area contributed by atoms with E-state index in [2.05, 4.69) is 27.4 Å². The van der Waals surface area contributed by atoms with E-state index >= 15 is 0 Å². The lowest BCUT2D eigenvalue weighted by atomic mass is 9.96. The van der Waals surface area contributed by atoms with Gasteiger partial charge in [-0.1, -0.05) is 59.5 Å². The first-order chi connectivity index (χ1) is 14.7. The molecule has 1 N–H and O–H groups in total. The van der Waals surface area contributed by atoms with Crippen LogP contribution in [0.15, 0.2) is 62.4 Å². The summed E-state index contributed by atoms with van der Waals surface area (Å²) in [5, 5.41) is 17.2. The molecule has 1 aliphatic rings. The van der Waals surface area contributed by atoms with Gasteiger partial charge in [-0.25, -0.2) is 4.68 Å².